The summed E-state index contributed by atoms with van der Waals surface area (Å²) in [6.45, 7) is 0.439. The van der Waals surface area contributed by atoms with Crippen molar-refractivity contribution in [2.75, 3.05) is 18.1 Å². The first-order chi connectivity index (χ1) is 10.7. The molecule has 1 amide bonds. The van der Waals surface area contributed by atoms with E-state index in [1.165, 1.54) is 0 Å². The van der Waals surface area contributed by atoms with Gasteiger partial charge < -0.3 is 9.64 Å². The summed E-state index contributed by atoms with van der Waals surface area (Å²) in [6.07, 6.45) is 1.03. The molecular weight excluding hydrogens is 278 g/mol. The van der Waals surface area contributed by atoms with Crippen molar-refractivity contribution in [3.63, 3.8) is 0 Å². The number of amides is 1. The van der Waals surface area contributed by atoms with Crippen molar-refractivity contribution in [3.8, 4) is 0 Å². The highest BCUT2D eigenvalue weighted by molar-refractivity contribution is 5.97. The molecule has 1 aliphatic rings. The molecule has 0 N–H and O–H groups in total. The van der Waals surface area contributed by atoms with Gasteiger partial charge in [0, 0.05) is 12.2 Å². The third-order valence-electron chi connectivity index (χ3n) is 3.74. The number of hydrogen-bond donors (Lipinski definition) is 0. The van der Waals surface area contributed by atoms with Crippen LogP contribution in [0.3, 0.4) is 0 Å². The van der Waals surface area contributed by atoms with E-state index in [2.05, 4.69) is 0 Å². The average Bonchev–Trinajstić information content (AvgIpc) is 2.98. The molecule has 4 heteroatoms. The van der Waals surface area contributed by atoms with Crippen LogP contribution in [-0.2, 0) is 27.2 Å². The van der Waals surface area contributed by atoms with E-state index in [0.717, 1.165) is 23.2 Å². The van der Waals surface area contributed by atoms with Gasteiger partial charge in [-0.1, -0.05) is 48.5 Å². The number of carbonyl (C=O) groups excluding carboxylic acids is 2. The van der Waals surface area contributed by atoms with Gasteiger partial charge in [0.25, 0.3) is 5.91 Å². The summed E-state index contributed by atoms with van der Waals surface area (Å²) < 4.78 is 5.11. The van der Waals surface area contributed by atoms with Crippen molar-refractivity contribution < 1.29 is 14.3 Å². The molecule has 0 spiro atoms. The van der Waals surface area contributed by atoms with Crippen LogP contribution in [0.2, 0.25) is 0 Å². The fourth-order valence-electron chi connectivity index (χ4n) is 2.63. The molecule has 0 aromatic heterocycles. The second kappa shape index (κ2) is 6.43. The lowest BCUT2D eigenvalue weighted by atomic mass is 10.2. The van der Waals surface area contributed by atoms with Crippen molar-refractivity contribution in [1.82, 2.24) is 0 Å². The Morgan fingerprint density at radius 3 is 2.55 bits per heavy atom. The zero-order valence-corrected chi connectivity index (χ0v) is 12.2. The Hall–Kier alpha value is -2.62. The molecule has 2 aromatic rings. The molecule has 1 aliphatic heterocycles. The van der Waals surface area contributed by atoms with E-state index in [1.54, 1.807) is 4.90 Å². The maximum absolute atomic E-state index is 12.2. The normalized spacial score (nSPS) is 12.8. The van der Waals surface area contributed by atoms with Crippen LogP contribution >= 0.6 is 0 Å². The summed E-state index contributed by atoms with van der Waals surface area (Å²) >= 11 is 0. The molecule has 0 aliphatic carbocycles. The predicted octanol–water partition coefficient (Wildman–Crippen LogP) is 2.36. The third kappa shape index (κ3) is 3.17. The van der Waals surface area contributed by atoms with Gasteiger partial charge >= 0.3 is 5.97 Å². The minimum Gasteiger partial charge on any atom is -0.455 e. The van der Waals surface area contributed by atoms with Gasteiger partial charge in [-0.25, -0.2) is 0 Å². The molecule has 3 rings (SSSR count). The van der Waals surface area contributed by atoms with Crippen molar-refractivity contribution in [1.29, 1.82) is 0 Å². The Kier molecular flexibility index (Phi) is 4.19. The van der Waals surface area contributed by atoms with Gasteiger partial charge in [0.1, 0.15) is 0 Å². The van der Waals surface area contributed by atoms with Crippen LogP contribution in [0, 0.1) is 0 Å². The van der Waals surface area contributed by atoms with Crippen molar-refractivity contribution >= 4 is 17.6 Å². The molecule has 0 atom stereocenters. The summed E-state index contributed by atoms with van der Waals surface area (Å²) in [6, 6.07) is 17.2. The first-order valence-electron chi connectivity index (χ1n) is 7.32. The van der Waals surface area contributed by atoms with Gasteiger partial charge in [0.2, 0.25) is 0 Å². The minimum atomic E-state index is -0.382. The maximum atomic E-state index is 12.2. The number of ether oxygens (including phenoxy) is 1. The van der Waals surface area contributed by atoms with Gasteiger partial charge in [-0.15, -0.1) is 0 Å². The van der Waals surface area contributed by atoms with E-state index in [9.17, 15) is 9.59 Å². The summed E-state index contributed by atoms with van der Waals surface area (Å²) in [5.74, 6) is -0.557. The van der Waals surface area contributed by atoms with Gasteiger partial charge in [0.15, 0.2) is 6.61 Å². The first kappa shape index (κ1) is 14.3. The summed E-state index contributed by atoms with van der Waals surface area (Å²) in [4.78, 5) is 25.7. The van der Waals surface area contributed by atoms with Crippen molar-refractivity contribution in [2.24, 2.45) is 0 Å². The average molecular weight is 295 g/mol. The molecular formula is C18H17NO3. The van der Waals surface area contributed by atoms with Crippen LogP contribution in [0.5, 0.6) is 0 Å². The largest absolute Gasteiger partial charge is 0.455 e. The summed E-state index contributed by atoms with van der Waals surface area (Å²) in [5.41, 5.74) is 2.96. The quantitative estimate of drug-likeness (QED) is 0.814. The Labute approximate surface area is 129 Å². The molecule has 4 nitrogen and oxygen atoms in total. The Bertz CT molecular complexity index is 682. The molecule has 0 radical (unpaired) electrons. The van der Waals surface area contributed by atoms with Crippen LogP contribution in [0.25, 0.3) is 0 Å². The minimum absolute atomic E-state index is 0.175. The Morgan fingerprint density at radius 2 is 1.73 bits per heavy atom. The van der Waals surface area contributed by atoms with Crippen LogP contribution in [-0.4, -0.2) is 25.0 Å². The molecule has 0 saturated heterocycles. The van der Waals surface area contributed by atoms with E-state index < -0.39 is 0 Å². The number of hydrogen-bond acceptors (Lipinski definition) is 3. The lowest BCUT2D eigenvalue weighted by Gasteiger charge is -2.17. The Balaban J connectivity index is 1.54. The molecule has 1 heterocycles. The zero-order valence-electron chi connectivity index (χ0n) is 12.2. The second-order valence-electron chi connectivity index (χ2n) is 5.25. The van der Waals surface area contributed by atoms with Crippen LogP contribution in [0.15, 0.2) is 54.6 Å². The van der Waals surface area contributed by atoms with Gasteiger partial charge in [-0.3, -0.25) is 9.59 Å². The molecule has 0 fully saturated rings. The maximum Gasteiger partial charge on any atom is 0.310 e. The number of benzene rings is 2. The fourth-order valence-corrected chi connectivity index (χ4v) is 2.63. The number of carbonyl (C=O) groups is 2. The van der Waals surface area contributed by atoms with Crippen LogP contribution in [0.1, 0.15) is 11.1 Å². The number of rotatable bonds is 4. The molecule has 0 saturated carbocycles. The number of fused-ring (bicyclic) bond motifs is 1. The lowest BCUT2D eigenvalue weighted by Crippen LogP contribution is -2.33. The topological polar surface area (TPSA) is 46.6 Å². The van der Waals surface area contributed by atoms with E-state index in [4.69, 9.17) is 4.74 Å². The van der Waals surface area contributed by atoms with E-state index in [0.29, 0.717) is 6.54 Å². The first-order valence-corrected chi connectivity index (χ1v) is 7.32. The van der Waals surface area contributed by atoms with E-state index >= 15 is 0 Å². The predicted molar refractivity (Wildman–Crippen MR) is 83.6 cm³/mol. The van der Waals surface area contributed by atoms with E-state index in [-0.39, 0.29) is 24.9 Å². The van der Waals surface area contributed by atoms with Gasteiger partial charge in [-0.05, 0) is 23.6 Å². The number of anilines is 1. The lowest BCUT2D eigenvalue weighted by molar-refractivity contribution is -0.147. The molecule has 0 unspecified atom stereocenters. The molecule has 112 valence electrons. The zero-order chi connectivity index (χ0) is 15.4. The highest BCUT2D eigenvalue weighted by atomic mass is 16.5. The van der Waals surface area contributed by atoms with Gasteiger partial charge in [0.05, 0.1) is 6.42 Å². The van der Waals surface area contributed by atoms with Gasteiger partial charge in [-0.2, -0.15) is 0 Å². The van der Waals surface area contributed by atoms with Crippen LogP contribution in [0.4, 0.5) is 5.69 Å². The summed E-state index contributed by atoms with van der Waals surface area (Å²) in [7, 11) is 0. The second-order valence-corrected chi connectivity index (χ2v) is 5.25. The highest BCUT2D eigenvalue weighted by Gasteiger charge is 2.24. The SMILES string of the molecule is O=C(Cc1ccccc1)OCC(=O)N1CCc2ccccc21. The number of esters is 1. The van der Waals surface area contributed by atoms with Crippen molar-refractivity contribution in [2.45, 2.75) is 12.8 Å². The number of nitrogens with zero attached hydrogens (tertiary/aromatic N) is 1. The monoisotopic (exact) mass is 295 g/mol. The standard InChI is InChI=1S/C18H17NO3/c20-17(19-11-10-15-8-4-5-9-16(15)19)13-22-18(21)12-14-6-2-1-3-7-14/h1-9H,10-13H2. The smallest absolute Gasteiger partial charge is 0.310 e. The number of para-hydroxylation sites is 1. The fraction of sp³-hybridized carbons (Fsp3) is 0.222. The molecule has 2 aromatic carbocycles. The molecule has 0 bridgehead atoms. The molecule has 22 heavy (non-hydrogen) atoms. The van der Waals surface area contributed by atoms with Crippen molar-refractivity contribution in [3.05, 3.63) is 65.7 Å². The van der Waals surface area contributed by atoms with E-state index in [1.807, 2.05) is 54.6 Å². The summed E-state index contributed by atoms with van der Waals surface area (Å²) in [5, 5.41) is 0. The third-order valence-corrected chi connectivity index (χ3v) is 3.74. The Morgan fingerprint density at radius 1 is 1.00 bits per heavy atom. The van der Waals surface area contributed by atoms with Crippen LogP contribution < -0.4 is 4.90 Å². The highest BCUT2D eigenvalue weighted by Crippen LogP contribution is 2.27.